The fourth-order valence-corrected chi connectivity index (χ4v) is 3.25. The largest absolute Gasteiger partial charge is 0.396 e. The average molecular weight is 293 g/mol. The zero-order valence-corrected chi connectivity index (χ0v) is 13.3. The molecule has 5 heteroatoms. The van der Waals surface area contributed by atoms with Gasteiger partial charge in [0.2, 0.25) is 5.91 Å². The van der Waals surface area contributed by atoms with Gasteiger partial charge in [-0.1, -0.05) is 19.3 Å². The molecule has 1 aromatic rings. The van der Waals surface area contributed by atoms with E-state index in [0.29, 0.717) is 0 Å². The quantitative estimate of drug-likeness (QED) is 0.836. The van der Waals surface area contributed by atoms with Crippen LogP contribution in [-0.2, 0) is 4.79 Å². The Morgan fingerprint density at radius 1 is 1.43 bits per heavy atom. The molecule has 5 nitrogen and oxygen atoms in total. The molecule has 21 heavy (non-hydrogen) atoms. The lowest BCUT2D eigenvalue weighted by Crippen LogP contribution is -2.44. The summed E-state index contributed by atoms with van der Waals surface area (Å²) in [4.78, 5) is 12.5. The summed E-state index contributed by atoms with van der Waals surface area (Å²) in [6.45, 7) is 5.92. The van der Waals surface area contributed by atoms with Gasteiger partial charge in [0.1, 0.15) is 6.04 Å². The molecule has 1 aliphatic carbocycles. The third-order valence-electron chi connectivity index (χ3n) is 4.51. The number of nitrogens with one attached hydrogen (secondary N) is 1. The summed E-state index contributed by atoms with van der Waals surface area (Å²) in [7, 11) is 0. The summed E-state index contributed by atoms with van der Waals surface area (Å²) >= 11 is 0. The van der Waals surface area contributed by atoms with Gasteiger partial charge >= 0.3 is 0 Å². The van der Waals surface area contributed by atoms with Crippen LogP contribution in [0, 0.1) is 19.8 Å². The van der Waals surface area contributed by atoms with Crippen molar-refractivity contribution in [2.24, 2.45) is 5.92 Å². The molecule has 3 unspecified atom stereocenters. The number of hydrogen-bond donors (Lipinski definition) is 2. The smallest absolute Gasteiger partial charge is 0.244 e. The average Bonchev–Trinajstić information content (AvgIpc) is 2.66. The summed E-state index contributed by atoms with van der Waals surface area (Å²) in [6, 6.07) is 1.75. The van der Waals surface area contributed by atoms with E-state index in [0.717, 1.165) is 37.1 Å². The maximum absolute atomic E-state index is 12.5. The lowest BCUT2D eigenvalue weighted by molar-refractivity contribution is -0.125. The van der Waals surface area contributed by atoms with E-state index in [1.807, 2.05) is 26.8 Å². The Bertz CT molecular complexity index is 484. The lowest BCUT2D eigenvalue weighted by atomic mass is 9.95. The highest BCUT2D eigenvalue weighted by molar-refractivity contribution is 5.80. The van der Waals surface area contributed by atoms with Gasteiger partial charge in [-0.05, 0) is 39.7 Å². The number of aromatic nitrogens is 2. The highest BCUT2D eigenvalue weighted by Gasteiger charge is 2.27. The molecule has 3 atom stereocenters. The van der Waals surface area contributed by atoms with E-state index >= 15 is 0 Å². The summed E-state index contributed by atoms with van der Waals surface area (Å²) in [5.74, 6) is 0.177. The Hall–Kier alpha value is -1.36. The normalized spacial score (nSPS) is 24.4. The second-order valence-corrected chi connectivity index (χ2v) is 6.24. The third-order valence-corrected chi connectivity index (χ3v) is 4.51. The van der Waals surface area contributed by atoms with Gasteiger partial charge in [0.05, 0.1) is 5.69 Å². The molecule has 0 saturated heterocycles. The number of aliphatic hydroxyl groups excluding tert-OH is 1. The van der Waals surface area contributed by atoms with Gasteiger partial charge < -0.3 is 10.4 Å². The number of amides is 1. The molecule has 1 heterocycles. The molecular weight excluding hydrogens is 266 g/mol. The zero-order chi connectivity index (χ0) is 15.4. The highest BCUT2D eigenvalue weighted by Crippen LogP contribution is 2.24. The maximum atomic E-state index is 12.5. The Kier molecular flexibility index (Phi) is 5.39. The van der Waals surface area contributed by atoms with Crippen molar-refractivity contribution in [3.05, 3.63) is 17.5 Å². The van der Waals surface area contributed by atoms with Crippen LogP contribution in [0.25, 0.3) is 0 Å². The molecule has 118 valence electrons. The maximum Gasteiger partial charge on any atom is 0.244 e. The Morgan fingerprint density at radius 2 is 2.14 bits per heavy atom. The molecule has 0 bridgehead atoms. The zero-order valence-electron chi connectivity index (χ0n) is 13.3. The summed E-state index contributed by atoms with van der Waals surface area (Å²) in [6.07, 6.45) is 5.41. The van der Waals surface area contributed by atoms with Gasteiger partial charge in [0, 0.05) is 24.3 Å². The van der Waals surface area contributed by atoms with Gasteiger partial charge in [-0.15, -0.1) is 0 Å². The summed E-state index contributed by atoms with van der Waals surface area (Å²) in [5, 5.41) is 17.1. The molecule has 2 rings (SSSR count). The summed E-state index contributed by atoms with van der Waals surface area (Å²) in [5.41, 5.74) is 1.92. The van der Waals surface area contributed by atoms with Crippen LogP contribution >= 0.6 is 0 Å². The van der Waals surface area contributed by atoms with Crippen molar-refractivity contribution in [2.45, 2.75) is 65.0 Å². The summed E-state index contributed by atoms with van der Waals surface area (Å²) < 4.78 is 1.77. The fourth-order valence-electron chi connectivity index (χ4n) is 3.25. The van der Waals surface area contributed by atoms with Crippen molar-refractivity contribution >= 4 is 5.91 Å². The van der Waals surface area contributed by atoms with Gasteiger partial charge in [-0.2, -0.15) is 5.10 Å². The van der Waals surface area contributed by atoms with Crippen LogP contribution in [-0.4, -0.2) is 33.4 Å². The number of carbonyl (C=O) groups is 1. The van der Waals surface area contributed by atoms with Gasteiger partial charge in [0.15, 0.2) is 0 Å². The molecule has 0 aliphatic heterocycles. The Balaban J connectivity index is 2.03. The first-order valence-corrected chi connectivity index (χ1v) is 7.97. The van der Waals surface area contributed by atoms with Crippen LogP contribution in [0.2, 0.25) is 0 Å². The van der Waals surface area contributed by atoms with E-state index in [2.05, 4.69) is 10.4 Å². The minimum absolute atomic E-state index is 0.00782. The van der Waals surface area contributed by atoms with Crippen LogP contribution in [0.15, 0.2) is 6.07 Å². The molecule has 0 aromatic carbocycles. The van der Waals surface area contributed by atoms with E-state index in [1.54, 1.807) is 4.68 Å². The van der Waals surface area contributed by atoms with Gasteiger partial charge in [-0.3, -0.25) is 9.48 Å². The number of rotatable bonds is 4. The molecule has 1 aliphatic rings. The molecule has 0 spiro atoms. The molecule has 0 radical (unpaired) electrons. The molecule has 1 saturated carbocycles. The van der Waals surface area contributed by atoms with Crippen molar-refractivity contribution in [2.75, 3.05) is 6.61 Å². The highest BCUT2D eigenvalue weighted by atomic mass is 16.3. The van der Waals surface area contributed by atoms with E-state index in [4.69, 9.17) is 0 Å². The van der Waals surface area contributed by atoms with E-state index in [-0.39, 0.29) is 30.5 Å². The van der Waals surface area contributed by atoms with E-state index in [9.17, 15) is 9.90 Å². The van der Waals surface area contributed by atoms with Crippen molar-refractivity contribution in [3.8, 4) is 0 Å². The van der Waals surface area contributed by atoms with E-state index < -0.39 is 0 Å². The third kappa shape index (κ3) is 3.84. The first-order valence-electron chi connectivity index (χ1n) is 7.97. The van der Waals surface area contributed by atoms with Crippen molar-refractivity contribution in [3.63, 3.8) is 0 Å². The van der Waals surface area contributed by atoms with Crippen LogP contribution in [0.3, 0.4) is 0 Å². The first kappa shape index (κ1) is 16.0. The molecule has 1 aromatic heterocycles. The lowest BCUT2D eigenvalue weighted by Gasteiger charge is -2.26. The monoisotopic (exact) mass is 293 g/mol. The predicted molar refractivity (Wildman–Crippen MR) is 82.0 cm³/mol. The minimum atomic E-state index is -0.318. The standard InChI is InChI=1S/C16H27N3O2/c1-11-9-12(2)19(18-11)13(3)16(21)17-15-8-6-4-5-7-14(15)10-20/h9,13-15,20H,4-8,10H2,1-3H3,(H,17,21). The topological polar surface area (TPSA) is 67.2 Å². The van der Waals surface area contributed by atoms with Crippen molar-refractivity contribution in [1.29, 1.82) is 0 Å². The van der Waals surface area contributed by atoms with E-state index in [1.165, 1.54) is 6.42 Å². The minimum Gasteiger partial charge on any atom is -0.396 e. The van der Waals surface area contributed by atoms with Crippen LogP contribution < -0.4 is 5.32 Å². The second kappa shape index (κ2) is 7.07. The molecule has 2 N–H and O–H groups in total. The predicted octanol–water partition coefficient (Wildman–Crippen LogP) is 2.12. The number of aliphatic hydroxyl groups is 1. The van der Waals surface area contributed by atoms with Crippen LogP contribution in [0.4, 0.5) is 0 Å². The van der Waals surface area contributed by atoms with Crippen molar-refractivity contribution < 1.29 is 9.90 Å². The van der Waals surface area contributed by atoms with Crippen LogP contribution in [0.1, 0.15) is 56.5 Å². The van der Waals surface area contributed by atoms with Crippen LogP contribution in [0.5, 0.6) is 0 Å². The van der Waals surface area contributed by atoms with Gasteiger partial charge in [0.25, 0.3) is 0 Å². The second-order valence-electron chi connectivity index (χ2n) is 6.24. The SMILES string of the molecule is Cc1cc(C)n(C(C)C(=O)NC2CCCCCC2CO)n1. The molecular formula is C16H27N3O2. The number of nitrogens with zero attached hydrogens (tertiary/aromatic N) is 2. The first-order chi connectivity index (χ1) is 10.0. The number of hydrogen-bond acceptors (Lipinski definition) is 3. The van der Waals surface area contributed by atoms with Gasteiger partial charge in [-0.25, -0.2) is 0 Å². The molecule has 1 fully saturated rings. The number of aryl methyl sites for hydroxylation is 2. The fraction of sp³-hybridized carbons (Fsp3) is 0.750. The Labute approximate surface area is 126 Å². The van der Waals surface area contributed by atoms with Crippen molar-refractivity contribution in [1.82, 2.24) is 15.1 Å². The Morgan fingerprint density at radius 3 is 2.76 bits per heavy atom. The number of carbonyl (C=O) groups excluding carboxylic acids is 1. The molecule has 1 amide bonds.